The van der Waals surface area contributed by atoms with E-state index < -0.39 is 45.8 Å². The van der Waals surface area contributed by atoms with Gasteiger partial charge in [-0.25, -0.2) is 13.2 Å². The van der Waals surface area contributed by atoms with Crippen LogP contribution in [0, 0.1) is 0 Å². The molecule has 1 aromatic rings. The molecule has 30 heavy (non-hydrogen) atoms. The van der Waals surface area contributed by atoms with Crippen LogP contribution in [0.1, 0.15) is 25.8 Å². The lowest BCUT2D eigenvalue weighted by atomic mass is 9.91. The van der Waals surface area contributed by atoms with Crippen LogP contribution in [0.3, 0.4) is 0 Å². The van der Waals surface area contributed by atoms with Crippen molar-refractivity contribution in [3.05, 3.63) is 23.8 Å². The zero-order chi connectivity index (χ0) is 21.7. The fourth-order valence-corrected chi connectivity index (χ4v) is 5.86. The number of fused-ring (bicyclic) bond motifs is 1. The van der Waals surface area contributed by atoms with Crippen molar-refractivity contribution >= 4 is 27.7 Å². The van der Waals surface area contributed by atoms with E-state index in [9.17, 15) is 22.8 Å². The van der Waals surface area contributed by atoms with E-state index in [1.165, 1.54) is 4.90 Å². The lowest BCUT2D eigenvalue weighted by Crippen LogP contribution is -2.48. The zero-order valence-electron chi connectivity index (χ0n) is 16.7. The minimum absolute atomic E-state index is 0.0345. The number of urea groups is 1. The van der Waals surface area contributed by atoms with Crippen molar-refractivity contribution in [1.29, 1.82) is 0 Å². The summed E-state index contributed by atoms with van der Waals surface area (Å²) in [5.41, 5.74) is -0.846. The molecule has 3 aliphatic heterocycles. The number of carbonyl (C=O) groups is 3. The van der Waals surface area contributed by atoms with Gasteiger partial charge in [0.05, 0.1) is 11.5 Å². The summed E-state index contributed by atoms with van der Waals surface area (Å²) >= 11 is 0. The average Bonchev–Trinajstić information content (AvgIpc) is 3.35. The Balaban J connectivity index is 1.52. The molecule has 0 radical (unpaired) electrons. The van der Waals surface area contributed by atoms with Crippen molar-refractivity contribution in [1.82, 2.24) is 15.1 Å². The van der Waals surface area contributed by atoms with Crippen LogP contribution in [0.25, 0.3) is 0 Å². The summed E-state index contributed by atoms with van der Waals surface area (Å²) in [5.74, 6) is -0.0528. The van der Waals surface area contributed by atoms with Gasteiger partial charge in [-0.05, 0) is 38.0 Å². The van der Waals surface area contributed by atoms with Crippen LogP contribution in [0.15, 0.2) is 18.2 Å². The highest BCUT2D eigenvalue weighted by molar-refractivity contribution is 7.91. The molecule has 10 nitrogen and oxygen atoms in total. The largest absolute Gasteiger partial charge is 0.454 e. The maximum atomic E-state index is 13.1. The van der Waals surface area contributed by atoms with Gasteiger partial charge in [0.1, 0.15) is 12.1 Å². The fraction of sp³-hybridized carbons (Fsp3) is 0.526. The second kappa shape index (κ2) is 7.15. The molecule has 4 amide bonds. The minimum atomic E-state index is -3.17. The van der Waals surface area contributed by atoms with Gasteiger partial charge in [-0.2, -0.15) is 0 Å². The number of nitrogens with one attached hydrogen (secondary N) is 1. The molecule has 0 unspecified atom stereocenters. The Labute approximate surface area is 174 Å². The third kappa shape index (κ3) is 3.36. The van der Waals surface area contributed by atoms with E-state index in [4.69, 9.17) is 9.47 Å². The van der Waals surface area contributed by atoms with Gasteiger partial charge >= 0.3 is 6.03 Å². The van der Waals surface area contributed by atoms with Crippen molar-refractivity contribution in [2.45, 2.75) is 31.8 Å². The third-order valence-electron chi connectivity index (χ3n) is 5.83. The Kier molecular flexibility index (Phi) is 4.88. The molecule has 3 aliphatic rings. The first-order chi connectivity index (χ1) is 14.1. The fourth-order valence-electron chi connectivity index (χ4n) is 4.13. The summed E-state index contributed by atoms with van der Waals surface area (Å²) < 4.78 is 34.2. The molecule has 3 heterocycles. The van der Waals surface area contributed by atoms with Crippen molar-refractivity contribution in [3.63, 3.8) is 0 Å². The SMILES string of the molecule is CCN(C(=O)CN1C(=O)N[C@@](C)(c2ccc3c(c2)OCO3)C1=O)[C@H]1CCS(=O)(=O)C1. The monoisotopic (exact) mass is 437 g/mol. The second-order valence-corrected chi connectivity index (χ2v) is 9.98. The van der Waals surface area contributed by atoms with E-state index in [1.54, 1.807) is 32.0 Å². The van der Waals surface area contributed by atoms with Crippen LogP contribution >= 0.6 is 0 Å². The van der Waals surface area contributed by atoms with E-state index >= 15 is 0 Å². The lowest BCUT2D eigenvalue weighted by Gasteiger charge is -2.28. The molecule has 0 bridgehead atoms. The molecular formula is C19H23N3O7S. The Morgan fingerprint density at radius 2 is 2.03 bits per heavy atom. The first-order valence-electron chi connectivity index (χ1n) is 9.69. The van der Waals surface area contributed by atoms with Gasteiger partial charge in [0.2, 0.25) is 12.7 Å². The van der Waals surface area contributed by atoms with Crippen LogP contribution in [-0.4, -0.2) is 73.5 Å². The molecule has 0 saturated carbocycles. The highest BCUT2D eigenvalue weighted by atomic mass is 32.2. The number of hydrogen-bond acceptors (Lipinski definition) is 7. The molecule has 0 aliphatic carbocycles. The van der Waals surface area contributed by atoms with E-state index in [2.05, 4.69) is 5.32 Å². The Morgan fingerprint density at radius 3 is 2.70 bits per heavy atom. The molecule has 2 atom stereocenters. The molecule has 162 valence electrons. The summed E-state index contributed by atoms with van der Waals surface area (Å²) in [7, 11) is -3.17. The van der Waals surface area contributed by atoms with Crippen molar-refractivity contribution in [2.75, 3.05) is 31.4 Å². The van der Waals surface area contributed by atoms with Gasteiger partial charge in [-0.15, -0.1) is 0 Å². The third-order valence-corrected chi connectivity index (χ3v) is 7.58. The van der Waals surface area contributed by atoms with E-state index in [0.717, 1.165) is 4.90 Å². The topological polar surface area (TPSA) is 122 Å². The van der Waals surface area contributed by atoms with Crippen LogP contribution in [0.2, 0.25) is 0 Å². The van der Waals surface area contributed by atoms with Crippen LogP contribution in [-0.2, 0) is 25.0 Å². The van der Waals surface area contributed by atoms with E-state index in [-0.39, 0.29) is 18.3 Å². The number of sulfone groups is 1. The normalized spacial score (nSPS) is 26.7. The molecule has 2 saturated heterocycles. The number of amides is 4. The summed E-state index contributed by atoms with van der Waals surface area (Å²) in [6.07, 6.45) is 0.358. The van der Waals surface area contributed by atoms with Crippen molar-refractivity contribution in [3.8, 4) is 11.5 Å². The smallest absolute Gasteiger partial charge is 0.325 e. The Bertz CT molecular complexity index is 1020. The molecule has 0 aromatic heterocycles. The number of benzene rings is 1. The van der Waals surface area contributed by atoms with Crippen molar-refractivity contribution < 1.29 is 32.3 Å². The number of hydrogen-bond donors (Lipinski definition) is 1. The molecule has 0 spiro atoms. The second-order valence-electron chi connectivity index (χ2n) is 7.75. The molecule has 4 rings (SSSR count). The first-order valence-corrected chi connectivity index (χ1v) is 11.5. The number of likely N-dealkylation sites (N-methyl/N-ethyl adjacent to an activating group) is 1. The molecular weight excluding hydrogens is 414 g/mol. The number of imide groups is 1. The van der Waals surface area contributed by atoms with Crippen LogP contribution < -0.4 is 14.8 Å². The number of carbonyl (C=O) groups excluding carboxylic acids is 3. The van der Waals surface area contributed by atoms with Gasteiger partial charge in [0.25, 0.3) is 5.91 Å². The predicted molar refractivity (Wildman–Crippen MR) is 105 cm³/mol. The van der Waals surface area contributed by atoms with Crippen LogP contribution in [0.5, 0.6) is 11.5 Å². The summed E-state index contributed by atoms with van der Waals surface area (Å²) in [6.45, 7) is 3.24. The molecule has 1 aromatic carbocycles. The summed E-state index contributed by atoms with van der Waals surface area (Å²) in [4.78, 5) is 40.8. The van der Waals surface area contributed by atoms with Gasteiger partial charge in [0, 0.05) is 12.6 Å². The van der Waals surface area contributed by atoms with Crippen molar-refractivity contribution in [2.24, 2.45) is 0 Å². The zero-order valence-corrected chi connectivity index (χ0v) is 17.5. The summed E-state index contributed by atoms with van der Waals surface area (Å²) in [6, 6.07) is 3.85. The minimum Gasteiger partial charge on any atom is -0.454 e. The molecule has 1 N–H and O–H groups in total. The Hall–Kier alpha value is -2.82. The van der Waals surface area contributed by atoms with E-state index in [1.807, 2.05) is 0 Å². The average molecular weight is 437 g/mol. The van der Waals surface area contributed by atoms with Gasteiger partial charge in [0.15, 0.2) is 21.3 Å². The predicted octanol–water partition coefficient (Wildman–Crippen LogP) is 0.218. The number of nitrogens with zero attached hydrogens (tertiary/aromatic N) is 2. The Morgan fingerprint density at radius 1 is 1.30 bits per heavy atom. The van der Waals surface area contributed by atoms with Crippen LogP contribution in [0.4, 0.5) is 4.79 Å². The van der Waals surface area contributed by atoms with Gasteiger partial charge < -0.3 is 19.7 Å². The summed E-state index contributed by atoms with van der Waals surface area (Å²) in [5, 5.41) is 2.66. The van der Waals surface area contributed by atoms with E-state index in [0.29, 0.717) is 30.0 Å². The van der Waals surface area contributed by atoms with Gasteiger partial charge in [-0.1, -0.05) is 6.07 Å². The number of ether oxygens (including phenoxy) is 2. The van der Waals surface area contributed by atoms with Gasteiger partial charge in [-0.3, -0.25) is 14.5 Å². The maximum Gasteiger partial charge on any atom is 0.325 e. The lowest BCUT2D eigenvalue weighted by molar-refractivity contribution is -0.139. The highest BCUT2D eigenvalue weighted by Crippen LogP contribution is 2.37. The number of rotatable bonds is 5. The first kappa shape index (κ1) is 20.5. The maximum absolute atomic E-state index is 13.1. The molecule has 11 heteroatoms. The molecule has 2 fully saturated rings. The highest BCUT2D eigenvalue weighted by Gasteiger charge is 2.50. The quantitative estimate of drug-likeness (QED) is 0.654. The standard InChI is InChI=1S/C19H23N3O7S/c1-3-21(13-6-7-30(26,27)10-13)16(23)9-22-17(24)19(2,20-18(22)25)12-4-5-14-15(8-12)29-11-28-14/h4-5,8,13H,3,6-7,9-11H2,1-2H3,(H,20,25)/t13-,19-/m0/s1.